The second kappa shape index (κ2) is 9.00. The molecule has 2 N–H and O–H groups in total. The van der Waals surface area contributed by atoms with Gasteiger partial charge in [-0.3, -0.25) is 9.89 Å². The Balaban J connectivity index is 1.42. The topological polar surface area (TPSA) is 81.3 Å². The molecule has 0 atom stereocenters. The average molecular weight is 424 g/mol. The Morgan fingerprint density at radius 1 is 0.967 bits per heavy atom. The van der Waals surface area contributed by atoms with Crippen molar-refractivity contribution >= 4 is 29.2 Å². The molecule has 2 heterocycles. The summed E-state index contributed by atoms with van der Waals surface area (Å²) in [6, 6.07) is 16.5. The Morgan fingerprint density at radius 2 is 1.73 bits per heavy atom. The highest BCUT2D eigenvalue weighted by molar-refractivity contribution is 6.30. The van der Waals surface area contributed by atoms with E-state index in [0.29, 0.717) is 54.6 Å². The molecule has 8 heteroatoms. The van der Waals surface area contributed by atoms with Gasteiger partial charge in [-0.25, -0.2) is 4.79 Å². The van der Waals surface area contributed by atoms with Crippen LogP contribution < -0.4 is 5.32 Å². The number of benzene rings is 2. The van der Waals surface area contributed by atoms with Gasteiger partial charge in [0.05, 0.1) is 17.5 Å². The van der Waals surface area contributed by atoms with E-state index in [1.165, 1.54) is 0 Å². The lowest BCUT2D eigenvalue weighted by Gasteiger charge is -2.22. The third kappa shape index (κ3) is 4.46. The predicted molar refractivity (Wildman–Crippen MR) is 117 cm³/mol. The lowest BCUT2D eigenvalue weighted by Crippen LogP contribution is -2.39. The Bertz CT molecular complexity index is 1040. The van der Waals surface area contributed by atoms with Gasteiger partial charge in [0, 0.05) is 42.5 Å². The second-order valence-corrected chi connectivity index (χ2v) is 7.53. The minimum atomic E-state index is -0.195. The van der Waals surface area contributed by atoms with E-state index < -0.39 is 0 Å². The fraction of sp³-hybridized carbons (Fsp3) is 0.227. The molecule has 30 heavy (non-hydrogen) atoms. The maximum absolute atomic E-state index is 13.1. The number of aromatic nitrogens is 2. The molecule has 7 nitrogen and oxygen atoms in total. The van der Waals surface area contributed by atoms with Crippen molar-refractivity contribution in [2.24, 2.45) is 0 Å². The number of H-pyrrole nitrogens is 1. The molecule has 0 bridgehead atoms. The van der Waals surface area contributed by atoms with Crippen molar-refractivity contribution < 1.29 is 9.59 Å². The maximum Gasteiger partial charge on any atom is 0.321 e. The van der Waals surface area contributed by atoms with Gasteiger partial charge in [0.15, 0.2) is 0 Å². The van der Waals surface area contributed by atoms with E-state index in [-0.39, 0.29) is 11.9 Å². The average Bonchev–Trinajstić information content (AvgIpc) is 3.11. The molecule has 1 saturated heterocycles. The zero-order valence-corrected chi connectivity index (χ0v) is 17.1. The molecular formula is C22H22ClN5O2. The molecule has 1 fully saturated rings. The number of hydrogen-bond donors (Lipinski definition) is 2. The van der Waals surface area contributed by atoms with E-state index in [9.17, 15) is 9.59 Å². The van der Waals surface area contributed by atoms with Gasteiger partial charge >= 0.3 is 6.03 Å². The van der Waals surface area contributed by atoms with Crippen LogP contribution in [0.3, 0.4) is 0 Å². The Morgan fingerprint density at radius 3 is 2.53 bits per heavy atom. The molecule has 4 rings (SSSR count). The molecule has 1 aliphatic rings. The molecule has 3 aromatic rings. The lowest BCUT2D eigenvalue weighted by atomic mass is 10.1. The number of hydrogen-bond acceptors (Lipinski definition) is 3. The normalized spacial score (nSPS) is 14.3. The molecule has 0 aliphatic carbocycles. The number of aromatic amines is 1. The van der Waals surface area contributed by atoms with Crippen molar-refractivity contribution in [3.05, 3.63) is 71.4 Å². The number of carbonyl (C=O) groups is 2. The monoisotopic (exact) mass is 423 g/mol. The Kier molecular flexibility index (Phi) is 5.99. The maximum atomic E-state index is 13.1. The molecule has 2 aromatic carbocycles. The fourth-order valence-electron chi connectivity index (χ4n) is 3.54. The van der Waals surface area contributed by atoms with Crippen LogP contribution >= 0.6 is 11.6 Å². The first-order chi connectivity index (χ1) is 14.6. The van der Waals surface area contributed by atoms with Crippen LogP contribution in [0.25, 0.3) is 11.3 Å². The second-order valence-electron chi connectivity index (χ2n) is 7.10. The van der Waals surface area contributed by atoms with Crippen molar-refractivity contribution in [1.29, 1.82) is 0 Å². The van der Waals surface area contributed by atoms with Gasteiger partial charge in [-0.15, -0.1) is 0 Å². The largest absolute Gasteiger partial charge is 0.337 e. The predicted octanol–water partition coefficient (Wildman–Crippen LogP) is 4.11. The molecule has 1 aliphatic heterocycles. The van der Waals surface area contributed by atoms with Crippen molar-refractivity contribution in [2.75, 3.05) is 31.5 Å². The summed E-state index contributed by atoms with van der Waals surface area (Å²) in [6.07, 6.45) is 2.27. The first kappa shape index (κ1) is 20.0. The van der Waals surface area contributed by atoms with E-state index in [1.807, 2.05) is 30.3 Å². The van der Waals surface area contributed by atoms with E-state index in [4.69, 9.17) is 11.6 Å². The quantitative estimate of drug-likeness (QED) is 0.665. The van der Waals surface area contributed by atoms with Gasteiger partial charge in [-0.05, 0) is 24.6 Å². The summed E-state index contributed by atoms with van der Waals surface area (Å²) < 4.78 is 0. The summed E-state index contributed by atoms with van der Waals surface area (Å²) in [5, 5.41) is 10.4. The Hall–Kier alpha value is -3.32. The Labute approximate surface area is 179 Å². The van der Waals surface area contributed by atoms with E-state index in [1.54, 1.807) is 40.3 Å². The first-order valence-electron chi connectivity index (χ1n) is 9.81. The van der Waals surface area contributed by atoms with Crippen LogP contribution in [0.1, 0.15) is 16.8 Å². The zero-order valence-electron chi connectivity index (χ0n) is 16.3. The molecule has 0 radical (unpaired) electrons. The van der Waals surface area contributed by atoms with Gasteiger partial charge in [0.2, 0.25) is 0 Å². The number of amides is 3. The molecular weight excluding hydrogens is 402 g/mol. The van der Waals surface area contributed by atoms with Gasteiger partial charge < -0.3 is 15.1 Å². The highest BCUT2D eigenvalue weighted by Crippen LogP contribution is 2.22. The number of rotatable bonds is 3. The standard InChI is InChI=1S/C22H22ClN5O2/c23-17-8-4-9-18(14-17)25-22(30)28-11-5-10-27(12-13-28)21(29)19-15-24-26-20(19)16-6-2-1-3-7-16/h1-4,6-9,14-15H,5,10-13H2,(H,24,26)(H,25,30). The van der Waals surface area contributed by atoms with Gasteiger partial charge in [-0.1, -0.05) is 48.0 Å². The first-order valence-corrected chi connectivity index (χ1v) is 10.2. The minimum absolute atomic E-state index is 0.0836. The number of nitrogens with one attached hydrogen (secondary N) is 2. The smallest absolute Gasteiger partial charge is 0.321 e. The summed E-state index contributed by atoms with van der Waals surface area (Å²) in [5.74, 6) is -0.0836. The molecule has 0 unspecified atom stereocenters. The van der Waals surface area contributed by atoms with Crippen LogP contribution in [0.15, 0.2) is 60.8 Å². The third-order valence-electron chi connectivity index (χ3n) is 5.08. The van der Waals surface area contributed by atoms with Crippen LogP contribution in [-0.2, 0) is 0 Å². The minimum Gasteiger partial charge on any atom is -0.337 e. The zero-order chi connectivity index (χ0) is 20.9. The van der Waals surface area contributed by atoms with Crippen LogP contribution in [0, 0.1) is 0 Å². The third-order valence-corrected chi connectivity index (χ3v) is 5.31. The summed E-state index contributed by atoms with van der Waals surface area (Å²) in [4.78, 5) is 29.3. The lowest BCUT2D eigenvalue weighted by molar-refractivity contribution is 0.0763. The van der Waals surface area contributed by atoms with Crippen molar-refractivity contribution in [1.82, 2.24) is 20.0 Å². The number of urea groups is 1. The SMILES string of the molecule is O=C(Nc1cccc(Cl)c1)N1CCCN(C(=O)c2cn[nH]c2-c2ccccc2)CC1. The summed E-state index contributed by atoms with van der Waals surface area (Å²) >= 11 is 5.98. The van der Waals surface area contributed by atoms with Crippen LogP contribution in [0.5, 0.6) is 0 Å². The number of carbonyl (C=O) groups excluding carboxylic acids is 2. The molecule has 154 valence electrons. The number of anilines is 1. The van der Waals surface area contributed by atoms with Crippen molar-refractivity contribution in [3.63, 3.8) is 0 Å². The van der Waals surface area contributed by atoms with Crippen molar-refractivity contribution in [2.45, 2.75) is 6.42 Å². The molecule has 0 spiro atoms. The van der Waals surface area contributed by atoms with E-state index in [2.05, 4.69) is 15.5 Å². The van der Waals surface area contributed by atoms with Crippen LogP contribution in [-0.4, -0.2) is 58.1 Å². The van der Waals surface area contributed by atoms with Gasteiger partial charge in [0.1, 0.15) is 0 Å². The van der Waals surface area contributed by atoms with Crippen molar-refractivity contribution in [3.8, 4) is 11.3 Å². The molecule has 3 amide bonds. The fourth-order valence-corrected chi connectivity index (χ4v) is 3.73. The van der Waals surface area contributed by atoms with E-state index in [0.717, 1.165) is 5.56 Å². The summed E-state index contributed by atoms with van der Waals surface area (Å²) in [6.45, 7) is 2.07. The number of halogens is 1. The summed E-state index contributed by atoms with van der Waals surface area (Å²) in [7, 11) is 0. The molecule has 0 saturated carbocycles. The highest BCUT2D eigenvalue weighted by atomic mass is 35.5. The highest BCUT2D eigenvalue weighted by Gasteiger charge is 2.25. The van der Waals surface area contributed by atoms with Gasteiger partial charge in [-0.2, -0.15) is 5.10 Å². The number of nitrogens with zero attached hydrogens (tertiary/aromatic N) is 3. The van der Waals surface area contributed by atoms with Gasteiger partial charge in [0.25, 0.3) is 5.91 Å². The van der Waals surface area contributed by atoms with Crippen LogP contribution in [0.4, 0.5) is 10.5 Å². The van der Waals surface area contributed by atoms with E-state index >= 15 is 0 Å². The summed E-state index contributed by atoms with van der Waals surface area (Å²) in [5.41, 5.74) is 2.81. The van der Waals surface area contributed by atoms with Crippen LogP contribution in [0.2, 0.25) is 5.02 Å². The molecule has 1 aromatic heterocycles.